The van der Waals surface area contributed by atoms with Crippen LogP contribution in [0.15, 0.2) is 0 Å². The zero-order chi connectivity index (χ0) is 11.8. The molecule has 0 aromatic heterocycles. The van der Waals surface area contributed by atoms with Crippen molar-refractivity contribution in [1.29, 1.82) is 0 Å². The standard InChI is InChI=1S/C15H24O/c1-13(2)9-15(4)10-5-6-11(13)14(3,8-7-10)12(15)16/h10-11H,5-9H2,1-4H3/t10-,11-,14-,15-/m0/s1. The molecule has 4 atom stereocenters. The van der Waals surface area contributed by atoms with Crippen molar-refractivity contribution >= 4 is 5.78 Å². The second-order valence-corrected chi connectivity index (χ2v) is 7.69. The lowest BCUT2D eigenvalue weighted by molar-refractivity contribution is -0.165. The highest BCUT2D eigenvalue weighted by atomic mass is 16.1. The normalized spacial score (nSPS) is 54.1. The third kappa shape index (κ3) is 1.01. The van der Waals surface area contributed by atoms with E-state index in [2.05, 4.69) is 27.7 Å². The first-order chi connectivity index (χ1) is 7.31. The fourth-order valence-electron chi connectivity index (χ4n) is 5.77. The van der Waals surface area contributed by atoms with Gasteiger partial charge in [-0.2, -0.15) is 0 Å². The van der Waals surface area contributed by atoms with E-state index in [1.54, 1.807) is 0 Å². The van der Waals surface area contributed by atoms with Gasteiger partial charge in [-0.05, 0) is 49.4 Å². The van der Waals surface area contributed by atoms with E-state index in [1.165, 1.54) is 19.3 Å². The SMILES string of the molecule is CC1(C)C[C@]2(C)C(=O)[C@@]3(C)CC[C@@H]2CC[C@@H]13. The average Bonchev–Trinajstić information content (AvgIpc) is 2.43. The summed E-state index contributed by atoms with van der Waals surface area (Å²) in [5.41, 5.74) is 0.375. The van der Waals surface area contributed by atoms with Gasteiger partial charge in [0.1, 0.15) is 5.78 Å². The Kier molecular flexibility index (Phi) is 1.85. The molecule has 5 aliphatic rings. The molecule has 5 rings (SSSR count). The van der Waals surface area contributed by atoms with E-state index in [-0.39, 0.29) is 10.8 Å². The average molecular weight is 220 g/mol. The number of rotatable bonds is 0. The first kappa shape index (κ1) is 10.8. The molecule has 16 heavy (non-hydrogen) atoms. The lowest BCUT2D eigenvalue weighted by atomic mass is 9.44. The summed E-state index contributed by atoms with van der Waals surface area (Å²) in [7, 11) is 0. The molecule has 5 aliphatic carbocycles. The summed E-state index contributed by atoms with van der Waals surface area (Å²) in [4.78, 5) is 12.8. The van der Waals surface area contributed by atoms with Gasteiger partial charge in [-0.1, -0.05) is 27.7 Å². The van der Waals surface area contributed by atoms with E-state index in [1.807, 2.05) is 0 Å². The fraction of sp³-hybridized carbons (Fsp3) is 0.933. The largest absolute Gasteiger partial charge is 0.298 e. The predicted octanol–water partition coefficient (Wildman–Crippen LogP) is 3.82. The summed E-state index contributed by atoms with van der Waals surface area (Å²) >= 11 is 0. The first-order valence-corrected chi connectivity index (χ1v) is 6.86. The molecule has 0 heterocycles. The van der Waals surface area contributed by atoms with E-state index in [4.69, 9.17) is 0 Å². The van der Waals surface area contributed by atoms with Crippen LogP contribution in [0.3, 0.4) is 0 Å². The maximum atomic E-state index is 12.8. The zero-order valence-corrected chi connectivity index (χ0v) is 11.1. The van der Waals surface area contributed by atoms with Gasteiger partial charge in [0.15, 0.2) is 0 Å². The molecule has 1 nitrogen and oxygen atoms in total. The van der Waals surface area contributed by atoms with Crippen molar-refractivity contribution in [1.82, 2.24) is 0 Å². The minimum absolute atomic E-state index is 0.00347. The summed E-state index contributed by atoms with van der Waals surface area (Å²) in [5, 5.41) is 0. The third-order valence-corrected chi connectivity index (χ3v) is 6.29. The van der Waals surface area contributed by atoms with Crippen LogP contribution < -0.4 is 0 Å². The number of carbonyl (C=O) groups is 1. The minimum atomic E-state index is 0.00347. The van der Waals surface area contributed by atoms with Crippen LogP contribution >= 0.6 is 0 Å². The number of hydrogen-bond donors (Lipinski definition) is 0. The minimum Gasteiger partial charge on any atom is -0.298 e. The summed E-state index contributed by atoms with van der Waals surface area (Å²) in [6.45, 7) is 9.32. The highest BCUT2D eigenvalue weighted by molar-refractivity contribution is 5.92. The number of carbonyl (C=O) groups excluding carboxylic acids is 1. The summed E-state index contributed by atoms with van der Waals surface area (Å²) in [6, 6.07) is 0. The van der Waals surface area contributed by atoms with E-state index < -0.39 is 0 Å². The van der Waals surface area contributed by atoms with Crippen LogP contribution in [-0.2, 0) is 4.79 Å². The number of hydrogen-bond acceptors (Lipinski definition) is 1. The summed E-state index contributed by atoms with van der Waals surface area (Å²) in [6.07, 6.45) is 6.16. The van der Waals surface area contributed by atoms with Crippen molar-refractivity contribution < 1.29 is 4.79 Å². The topological polar surface area (TPSA) is 17.1 Å². The molecule has 90 valence electrons. The Balaban J connectivity index is 2.21. The molecule has 0 amide bonds. The molecular formula is C15H24O. The summed E-state index contributed by atoms with van der Waals surface area (Å²) < 4.78 is 0. The molecule has 0 saturated heterocycles. The number of Topliss-reactive ketones (excluding diaryl/α,β-unsaturated/α-hetero) is 1. The molecule has 0 N–H and O–H groups in total. The Morgan fingerprint density at radius 3 is 2.38 bits per heavy atom. The van der Waals surface area contributed by atoms with Gasteiger partial charge in [0.2, 0.25) is 0 Å². The second-order valence-electron chi connectivity index (χ2n) is 7.69. The molecule has 5 fully saturated rings. The molecule has 0 radical (unpaired) electrons. The molecule has 0 unspecified atom stereocenters. The molecule has 0 spiro atoms. The van der Waals surface area contributed by atoms with Gasteiger partial charge in [0.25, 0.3) is 0 Å². The van der Waals surface area contributed by atoms with Crippen molar-refractivity contribution in [2.24, 2.45) is 28.1 Å². The quantitative estimate of drug-likeness (QED) is 0.606. The Bertz CT molecular complexity index is 350. The molecular weight excluding hydrogens is 196 g/mol. The van der Waals surface area contributed by atoms with Crippen molar-refractivity contribution in [2.75, 3.05) is 0 Å². The fourth-order valence-corrected chi connectivity index (χ4v) is 5.77. The van der Waals surface area contributed by atoms with Gasteiger partial charge in [0.05, 0.1) is 0 Å². The second kappa shape index (κ2) is 2.73. The van der Waals surface area contributed by atoms with Crippen molar-refractivity contribution in [2.45, 2.75) is 59.8 Å². The van der Waals surface area contributed by atoms with Gasteiger partial charge in [-0.3, -0.25) is 4.79 Å². The van der Waals surface area contributed by atoms with Crippen molar-refractivity contribution in [3.05, 3.63) is 0 Å². The molecule has 0 aromatic carbocycles. The predicted molar refractivity (Wildman–Crippen MR) is 65.1 cm³/mol. The number of ketones is 1. The van der Waals surface area contributed by atoms with Crippen molar-refractivity contribution in [3.63, 3.8) is 0 Å². The van der Waals surface area contributed by atoms with Crippen LogP contribution in [-0.4, -0.2) is 5.78 Å². The molecule has 0 aromatic rings. The maximum absolute atomic E-state index is 12.8. The Hall–Kier alpha value is -0.330. The molecule has 1 heteroatoms. The molecule has 0 aliphatic heterocycles. The highest BCUT2D eigenvalue weighted by Gasteiger charge is 2.65. The van der Waals surface area contributed by atoms with Crippen LogP contribution in [0.2, 0.25) is 0 Å². The zero-order valence-electron chi connectivity index (χ0n) is 11.1. The highest BCUT2D eigenvalue weighted by Crippen LogP contribution is 2.68. The Labute approximate surface area is 99.0 Å². The molecule has 4 bridgehead atoms. The smallest absolute Gasteiger partial charge is 0.145 e. The lowest BCUT2D eigenvalue weighted by Gasteiger charge is -2.58. The summed E-state index contributed by atoms with van der Waals surface area (Å²) in [5.74, 6) is 1.92. The van der Waals surface area contributed by atoms with Gasteiger partial charge >= 0.3 is 0 Å². The number of fused-ring (bicyclic) bond motifs is 2. The van der Waals surface area contributed by atoms with Crippen molar-refractivity contribution in [3.8, 4) is 0 Å². The van der Waals surface area contributed by atoms with Crippen LogP contribution in [0.25, 0.3) is 0 Å². The Morgan fingerprint density at radius 1 is 1.00 bits per heavy atom. The van der Waals surface area contributed by atoms with E-state index >= 15 is 0 Å². The van der Waals surface area contributed by atoms with Crippen LogP contribution in [0.1, 0.15) is 59.8 Å². The van der Waals surface area contributed by atoms with Gasteiger partial charge in [-0.25, -0.2) is 0 Å². The van der Waals surface area contributed by atoms with E-state index in [9.17, 15) is 4.79 Å². The first-order valence-electron chi connectivity index (χ1n) is 6.86. The lowest BCUT2D eigenvalue weighted by Crippen LogP contribution is -2.58. The third-order valence-electron chi connectivity index (χ3n) is 6.29. The van der Waals surface area contributed by atoms with E-state index in [0.717, 1.165) is 12.8 Å². The van der Waals surface area contributed by atoms with Gasteiger partial charge in [0, 0.05) is 10.8 Å². The maximum Gasteiger partial charge on any atom is 0.145 e. The van der Waals surface area contributed by atoms with E-state index in [0.29, 0.717) is 23.0 Å². The Morgan fingerprint density at radius 2 is 1.69 bits per heavy atom. The van der Waals surface area contributed by atoms with Gasteiger partial charge < -0.3 is 0 Å². The molecule has 5 saturated carbocycles. The van der Waals surface area contributed by atoms with Crippen LogP contribution in [0.4, 0.5) is 0 Å². The van der Waals surface area contributed by atoms with Crippen LogP contribution in [0, 0.1) is 28.1 Å². The monoisotopic (exact) mass is 220 g/mol. The van der Waals surface area contributed by atoms with Crippen LogP contribution in [0.5, 0.6) is 0 Å². The van der Waals surface area contributed by atoms with Gasteiger partial charge in [-0.15, -0.1) is 0 Å².